The predicted octanol–water partition coefficient (Wildman–Crippen LogP) is 3.11. The average Bonchev–Trinajstić information content (AvgIpc) is 2.59. The molecule has 0 bridgehead atoms. The van der Waals surface area contributed by atoms with Gasteiger partial charge in [0.1, 0.15) is 0 Å². The van der Waals surface area contributed by atoms with Gasteiger partial charge in [0.15, 0.2) is 11.6 Å². The van der Waals surface area contributed by atoms with Gasteiger partial charge in [0.25, 0.3) is 0 Å². The molecule has 0 atom stereocenters. The van der Waals surface area contributed by atoms with Gasteiger partial charge in [-0.25, -0.2) is 13.8 Å². The number of nitrogens with zero attached hydrogens (tertiary/aromatic N) is 2. The largest absolute Gasteiger partial charge is 0.331 e. The van der Waals surface area contributed by atoms with Crippen LogP contribution in [0, 0.1) is 11.6 Å². The van der Waals surface area contributed by atoms with Crippen LogP contribution in [0.15, 0.2) is 18.5 Å². The van der Waals surface area contributed by atoms with Crippen LogP contribution in [0.4, 0.5) is 8.78 Å². The standard InChI is InChI=1S/C11H12F2N2/c1-2-3-4-15-7-14-10-5-8(12)9(13)6-11(10)15/h5-7H,2-4H2,1H3. The number of hydrogen-bond donors (Lipinski definition) is 0. The number of aryl methyl sites for hydroxylation is 1. The quantitative estimate of drug-likeness (QED) is 0.761. The van der Waals surface area contributed by atoms with Crippen molar-refractivity contribution < 1.29 is 8.78 Å². The molecule has 0 spiro atoms. The second-order valence-corrected chi connectivity index (χ2v) is 3.55. The summed E-state index contributed by atoms with van der Waals surface area (Å²) in [5.41, 5.74) is 1.16. The van der Waals surface area contributed by atoms with E-state index in [1.807, 2.05) is 4.57 Å². The Morgan fingerprint density at radius 1 is 1.27 bits per heavy atom. The van der Waals surface area contributed by atoms with Crippen molar-refractivity contribution >= 4 is 11.0 Å². The topological polar surface area (TPSA) is 17.8 Å². The zero-order chi connectivity index (χ0) is 10.8. The van der Waals surface area contributed by atoms with Crippen LogP contribution in [0.2, 0.25) is 0 Å². The lowest BCUT2D eigenvalue weighted by atomic mass is 10.3. The molecule has 1 heterocycles. The minimum absolute atomic E-state index is 0.505. The van der Waals surface area contributed by atoms with E-state index in [9.17, 15) is 8.78 Å². The van der Waals surface area contributed by atoms with Crippen LogP contribution in [-0.4, -0.2) is 9.55 Å². The van der Waals surface area contributed by atoms with Crippen molar-refractivity contribution in [1.29, 1.82) is 0 Å². The lowest BCUT2D eigenvalue weighted by molar-refractivity contribution is 0.510. The van der Waals surface area contributed by atoms with E-state index < -0.39 is 11.6 Å². The van der Waals surface area contributed by atoms with E-state index in [1.54, 1.807) is 6.33 Å². The highest BCUT2D eigenvalue weighted by molar-refractivity contribution is 5.75. The van der Waals surface area contributed by atoms with Crippen molar-refractivity contribution in [3.8, 4) is 0 Å². The fourth-order valence-corrected chi connectivity index (χ4v) is 1.56. The number of halogens is 2. The van der Waals surface area contributed by atoms with Gasteiger partial charge in [0.05, 0.1) is 17.4 Å². The summed E-state index contributed by atoms with van der Waals surface area (Å²) >= 11 is 0. The highest BCUT2D eigenvalue weighted by Crippen LogP contribution is 2.17. The molecule has 1 aromatic heterocycles. The summed E-state index contributed by atoms with van der Waals surface area (Å²) in [6.45, 7) is 2.87. The van der Waals surface area contributed by atoms with Crippen LogP contribution in [-0.2, 0) is 6.54 Å². The molecule has 0 unspecified atom stereocenters. The normalized spacial score (nSPS) is 11.1. The van der Waals surface area contributed by atoms with Gasteiger partial charge in [0, 0.05) is 18.7 Å². The fourth-order valence-electron chi connectivity index (χ4n) is 1.56. The zero-order valence-electron chi connectivity index (χ0n) is 8.50. The van der Waals surface area contributed by atoms with Gasteiger partial charge >= 0.3 is 0 Å². The van der Waals surface area contributed by atoms with E-state index >= 15 is 0 Å². The number of aromatic nitrogens is 2. The first-order chi connectivity index (χ1) is 7.22. The Hall–Kier alpha value is -1.45. The molecular formula is C11H12F2N2. The Kier molecular flexibility index (Phi) is 2.66. The second-order valence-electron chi connectivity index (χ2n) is 3.55. The molecule has 0 N–H and O–H groups in total. The Labute approximate surface area is 86.5 Å². The summed E-state index contributed by atoms with van der Waals surface area (Å²) in [5.74, 6) is -1.66. The maximum Gasteiger partial charge on any atom is 0.161 e. The van der Waals surface area contributed by atoms with Crippen molar-refractivity contribution in [2.75, 3.05) is 0 Å². The highest BCUT2D eigenvalue weighted by atomic mass is 19.2. The van der Waals surface area contributed by atoms with Crippen LogP contribution in [0.1, 0.15) is 19.8 Å². The molecule has 2 aromatic rings. The molecule has 80 valence electrons. The van der Waals surface area contributed by atoms with Crippen molar-refractivity contribution in [2.24, 2.45) is 0 Å². The average molecular weight is 210 g/mol. The highest BCUT2D eigenvalue weighted by Gasteiger charge is 2.08. The predicted molar refractivity (Wildman–Crippen MR) is 54.6 cm³/mol. The maximum atomic E-state index is 13.0. The molecule has 15 heavy (non-hydrogen) atoms. The summed E-state index contributed by atoms with van der Waals surface area (Å²) in [5, 5.41) is 0. The Morgan fingerprint density at radius 2 is 2.00 bits per heavy atom. The molecule has 1 aromatic carbocycles. The first-order valence-corrected chi connectivity index (χ1v) is 5.02. The van der Waals surface area contributed by atoms with Crippen molar-refractivity contribution in [3.63, 3.8) is 0 Å². The lowest BCUT2D eigenvalue weighted by Crippen LogP contribution is -1.96. The molecule has 2 nitrogen and oxygen atoms in total. The molecule has 0 radical (unpaired) electrons. The second kappa shape index (κ2) is 3.96. The molecule has 0 saturated carbocycles. The number of imidazole rings is 1. The number of unbranched alkanes of at least 4 members (excludes halogenated alkanes) is 1. The van der Waals surface area contributed by atoms with E-state index in [-0.39, 0.29) is 0 Å². The molecular weight excluding hydrogens is 198 g/mol. The van der Waals surface area contributed by atoms with Crippen LogP contribution >= 0.6 is 0 Å². The van der Waals surface area contributed by atoms with Gasteiger partial charge < -0.3 is 4.57 Å². The van der Waals surface area contributed by atoms with Crippen LogP contribution < -0.4 is 0 Å². The van der Waals surface area contributed by atoms with Crippen molar-refractivity contribution in [2.45, 2.75) is 26.3 Å². The third kappa shape index (κ3) is 1.84. The van der Waals surface area contributed by atoms with Gasteiger partial charge in [-0.2, -0.15) is 0 Å². The number of rotatable bonds is 3. The molecule has 4 heteroatoms. The summed E-state index contributed by atoms with van der Waals surface area (Å²) in [4.78, 5) is 4.03. The van der Waals surface area contributed by atoms with Gasteiger partial charge in [-0.1, -0.05) is 13.3 Å². The maximum absolute atomic E-state index is 13.0. The van der Waals surface area contributed by atoms with Gasteiger partial charge in [-0.05, 0) is 6.42 Å². The minimum Gasteiger partial charge on any atom is -0.331 e. The first-order valence-electron chi connectivity index (χ1n) is 5.02. The summed E-state index contributed by atoms with van der Waals surface area (Å²) in [6, 6.07) is 2.33. The molecule has 0 aliphatic carbocycles. The molecule has 0 fully saturated rings. The molecule has 0 aliphatic rings. The summed E-state index contributed by atoms with van der Waals surface area (Å²) in [7, 11) is 0. The Bertz CT molecular complexity index is 477. The van der Waals surface area contributed by atoms with E-state index in [1.165, 1.54) is 6.07 Å². The Balaban J connectivity index is 2.45. The third-order valence-corrected chi connectivity index (χ3v) is 2.42. The first kappa shape index (κ1) is 10.1. The van der Waals surface area contributed by atoms with Crippen LogP contribution in [0.5, 0.6) is 0 Å². The van der Waals surface area contributed by atoms with Crippen LogP contribution in [0.3, 0.4) is 0 Å². The molecule has 0 saturated heterocycles. The van der Waals surface area contributed by atoms with Crippen molar-refractivity contribution in [3.05, 3.63) is 30.1 Å². The van der Waals surface area contributed by atoms with Crippen molar-refractivity contribution in [1.82, 2.24) is 9.55 Å². The van der Waals surface area contributed by atoms with E-state index in [4.69, 9.17) is 0 Å². The smallest absolute Gasteiger partial charge is 0.161 e. The summed E-state index contributed by atoms with van der Waals surface area (Å²) < 4.78 is 27.7. The SMILES string of the molecule is CCCCn1cnc2cc(F)c(F)cc21. The summed E-state index contributed by atoms with van der Waals surface area (Å²) in [6.07, 6.45) is 3.69. The third-order valence-electron chi connectivity index (χ3n) is 2.42. The lowest BCUT2D eigenvalue weighted by Gasteiger charge is -2.02. The van der Waals surface area contributed by atoms with E-state index in [0.717, 1.165) is 25.5 Å². The molecule has 0 amide bonds. The number of hydrogen-bond acceptors (Lipinski definition) is 1. The van der Waals surface area contributed by atoms with Gasteiger partial charge in [-0.3, -0.25) is 0 Å². The monoisotopic (exact) mass is 210 g/mol. The van der Waals surface area contributed by atoms with E-state index in [2.05, 4.69) is 11.9 Å². The van der Waals surface area contributed by atoms with Gasteiger partial charge in [-0.15, -0.1) is 0 Å². The number of fused-ring (bicyclic) bond motifs is 1. The number of benzene rings is 1. The van der Waals surface area contributed by atoms with E-state index in [0.29, 0.717) is 11.0 Å². The molecule has 0 aliphatic heterocycles. The van der Waals surface area contributed by atoms with Gasteiger partial charge in [0.2, 0.25) is 0 Å². The minimum atomic E-state index is -0.844. The molecule has 2 rings (SSSR count). The fraction of sp³-hybridized carbons (Fsp3) is 0.364. The Morgan fingerprint density at radius 3 is 2.73 bits per heavy atom. The zero-order valence-corrected chi connectivity index (χ0v) is 8.50. The van der Waals surface area contributed by atoms with Crippen LogP contribution in [0.25, 0.3) is 11.0 Å².